The first-order valence-electron chi connectivity index (χ1n) is 11.3. The second-order valence-corrected chi connectivity index (χ2v) is 9.43. The van der Waals surface area contributed by atoms with Crippen molar-refractivity contribution >= 4 is 22.1 Å². The number of fused-ring (bicyclic) bond motifs is 7. The van der Waals surface area contributed by atoms with Crippen LogP contribution in [0.25, 0.3) is 33.3 Å². The number of aromatic nitrogens is 2. The van der Waals surface area contributed by atoms with E-state index in [-0.39, 0.29) is 16.5 Å². The van der Waals surface area contributed by atoms with Crippen molar-refractivity contribution in [3.63, 3.8) is 0 Å². The van der Waals surface area contributed by atoms with Gasteiger partial charge in [-0.2, -0.15) is 4.57 Å². The van der Waals surface area contributed by atoms with Gasteiger partial charge in [0.1, 0.15) is 0 Å². The first-order chi connectivity index (χ1) is 14.4. The smallest absolute Gasteiger partial charge is 0.227 e. The summed E-state index contributed by atoms with van der Waals surface area (Å²) < 4.78 is 31.4. The highest BCUT2D eigenvalue weighted by molar-refractivity contribution is 6.09. The summed E-state index contributed by atoms with van der Waals surface area (Å²) in [6, 6.07) is 12.1. The van der Waals surface area contributed by atoms with E-state index < -0.39 is 6.85 Å². The number of hydrogen-bond acceptors (Lipinski definition) is 2. The molecule has 5 rings (SSSR count). The van der Waals surface area contributed by atoms with Gasteiger partial charge in [0.2, 0.25) is 11.4 Å². The molecule has 0 radical (unpaired) electrons. The zero-order valence-electron chi connectivity index (χ0n) is 20.1. The minimum absolute atomic E-state index is 0.0106. The van der Waals surface area contributed by atoms with Gasteiger partial charge in [-0.05, 0) is 41.4 Å². The fourth-order valence-electron chi connectivity index (χ4n) is 4.06. The number of hydrogen-bond donors (Lipinski definition) is 0. The largest absolute Gasteiger partial charge is 0.437 e. The van der Waals surface area contributed by atoms with Crippen LogP contribution in [0.5, 0.6) is 0 Å². The Bertz CT molecular complexity index is 1360. The number of pyridine rings is 2. The second kappa shape index (κ2) is 5.44. The summed E-state index contributed by atoms with van der Waals surface area (Å²) in [5.74, 6) is 0. The van der Waals surface area contributed by atoms with Gasteiger partial charge in [0.15, 0.2) is 18.3 Å². The molecule has 28 heavy (non-hydrogen) atoms. The maximum Gasteiger partial charge on any atom is 0.227 e. The molecule has 0 N–H and O–H groups in total. The first kappa shape index (κ1) is 14.3. The van der Waals surface area contributed by atoms with E-state index in [1.165, 1.54) is 11.1 Å². The summed E-state index contributed by atoms with van der Waals surface area (Å²) >= 11 is 0. The fourth-order valence-corrected chi connectivity index (χ4v) is 4.06. The Morgan fingerprint density at radius 1 is 1.04 bits per heavy atom. The molecule has 0 saturated heterocycles. The summed E-state index contributed by atoms with van der Waals surface area (Å²) in [4.78, 5) is 4.32. The lowest BCUT2D eigenvalue weighted by Crippen LogP contribution is -2.37. The topological polar surface area (TPSA) is 29.9 Å². The standard InChI is InChI=1S/C25H27N2O/c1-15-7-9-19-18-10-8-16-14-27-12-11-17(25(5,6)24(2,3)4)13-20(27)21(16)22(18)28-23(19)26-15/h7-13H,14H2,1-6H3/q+1/i1D3. The van der Waals surface area contributed by atoms with E-state index >= 15 is 0 Å². The fraction of sp³-hybridized carbons (Fsp3) is 0.360. The van der Waals surface area contributed by atoms with Crippen molar-refractivity contribution in [2.75, 3.05) is 0 Å². The van der Waals surface area contributed by atoms with Crippen LogP contribution in [0.15, 0.2) is 47.0 Å². The molecule has 0 bridgehead atoms. The highest BCUT2D eigenvalue weighted by atomic mass is 16.3. The summed E-state index contributed by atoms with van der Waals surface area (Å²) in [6.07, 6.45) is 2.16. The van der Waals surface area contributed by atoms with Gasteiger partial charge in [0.25, 0.3) is 0 Å². The number of nitrogens with zero attached hydrogens (tertiary/aromatic N) is 2. The Morgan fingerprint density at radius 3 is 2.57 bits per heavy atom. The van der Waals surface area contributed by atoms with Gasteiger partial charge in [0.05, 0.1) is 5.56 Å². The van der Waals surface area contributed by atoms with Crippen molar-refractivity contribution in [3.05, 3.63) is 59.4 Å². The van der Waals surface area contributed by atoms with E-state index in [0.29, 0.717) is 5.71 Å². The lowest BCUT2D eigenvalue weighted by molar-refractivity contribution is -0.672. The minimum atomic E-state index is -2.26. The van der Waals surface area contributed by atoms with E-state index in [0.717, 1.165) is 34.2 Å². The SMILES string of the molecule is [2H]C([2H])([2H])c1ccc2c(n1)oc1c3c(ccc12)C[n+]1ccc(C(C)(C)C(C)(C)C)cc1-3. The van der Waals surface area contributed by atoms with E-state index in [4.69, 9.17) is 8.53 Å². The predicted molar refractivity (Wildman–Crippen MR) is 113 cm³/mol. The number of furan rings is 1. The quantitative estimate of drug-likeness (QED) is 0.340. The van der Waals surface area contributed by atoms with Crippen molar-refractivity contribution in [3.8, 4) is 11.3 Å². The summed E-state index contributed by atoms with van der Waals surface area (Å²) in [6.45, 7) is 9.92. The molecule has 0 amide bonds. The van der Waals surface area contributed by atoms with Crippen LogP contribution in [0.4, 0.5) is 0 Å². The van der Waals surface area contributed by atoms with Gasteiger partial charge in [-0.3, -0.25) is 0 Å². The molecule has 4 aromatic rings. The second-order valence-electron chi connectivity index (χ2n) is 9.43. The summed E-state index contributed by atoms with van der Waals surface area (Å²) in [5, 5.41) is 1.81. The van der Waals surface area contributed by atoms with Gasteiger partial charge in [-0.25, -0.2) is 4.98 Å². The Balaban J connectivity index is 1.75. The monoisotopic (exact) mass is 374 g/mol. The molecule has 0 atom stereocenters. The molecule has 1 aliphatic rings. The molecule has 0 spiro atoms. The molecule has 0 saturated carbocycles. The maximum atomic E-state index is 7.66. The molecular formula is C25H27N2O+. The Labute approximate surface area is 170 Å². The number of aryl methyl sites for hydroxylation is 1. The highest BCUT2D eigenvalue weighted by Crippen LogP contribution is 2.43. The zero-order valence-corrected chi connectivity index (χ0v) is 17.1. The zero-order chi connectivity index (χ0) is 22.3. The Kier molecular flexibility index (Phi) is 2.78. The summed E-state index contributed by atoms with van der Waals surface area (Å²) in [7, 11) is 0. The van der Waals surface area contributed by atoms with E-state index in [1.807, 2.05) is 6.07 Å². The Morgan fingerprint density at radius 2 is 1.82 bits per heavy atom. The molecule has 142 valence electrons. The average Bonchev–Trinajstić information content (AvgIpc) is 3.22. The molecule has 0 fully saturated rings. The van der Waals surface area contributed by atoms with Crippen LogP contribution in [0.2, 0.25) is 0 Å². The van der Waals surface area contributed by atoms with E-state index in [2.05, 4.69) is 74.6 Å². The summed E-state index contributed by atoms with van der Waals surface area (Å²) in [5.41, 5.74) is 6.00. The molecule has 3 heteroatoms. The van der Waals surface area contributed by atoms with Crippen LogP contribution in [0.1, 0.15) is 55.6 Å². The molecule has 4 heterocycles. The van der Waals surface area contributed by atoms with Crippen LogP contribution in [0.3, 0.4) is 0 Å². The van der Waals surface area contributed by atoms with Crippen molar-refractivity contribution < 1.29 is 13.1 Å². The predicted octanol–water partition coefficient (Wildman–Crippen LogP) is 5.93. The van der Waals surface area contributed by atoms with Gasteiger partial charge in [-0.15, -0.1) is 0 Å². The lowest BCUT2D eigenvalue weighted by Gasteiger charge is -2.39. The van der Waals surface area contributed by atoms with Crippen molar-refractivity contribution in [1.82, 2.24) is 4.98 Å². The van der Waals surface area contributed by atoms with Crippen LogP contribution < -0.4 is 4.57 Å². The maximum absolute atomic E-state index is 7.66. The molecule has 1 aliphatic heterocycles. The minimum Gasteiger partial charge on any atom is -0.437 e. The molecule has 3 aromatic heterocycles. The van der Waals surface area contributed by atoms with Crippen molar-refractivity contribution in [1.29, 1.82) is 0 Å². The van der Waals surface area contributed by atoms with E-state index in [1.54, 1.807) is 6.07 Å². The normalized spacial score (nSPS) is 16.0. The third kappa shape index (κ3) is 2.28. The molecule has 0 unspecified atom stereocenters. The van der Waals surface area contributed by atoms with Crippen LogP contribution >= 0.6 is 0 Å². The van der Waals surface area contributed by atoms with Crippen molar-refractivity contribution in [2.45, 2.75) is 53.4 Å². The van der Waals surface area contributed by atoms with Gasteiger partial charge in [-0.1, -0.05) is 40.7 Å². The third-order valence-corrected chi connectivity index (χ3v) is 6.82. The van der Waals surface area contributed by atoms with Gasteiger partial charge >= 0.3 is 0 Å². The Hall–Kier alpha value is -2.68. The third-order valence-electron chi connectivity index (χ3n) is 6.82. The number of benzene rings is 1. The van der Waals surface area contributed by atoms with Gasteiger partial charge in [0, 0.05) is 38.3 Å². The number of rotatable bonds is 1. The molecule has 1 aromatic carbocycles. The van der Waals surface area contributed by atoms with E-state index in [9.17, 15) is 0 Å². The van der Waals surface area contributed by atoms with Crippen LogP contribution in [-0.4, -0.2) is 4.98 Å². The highest BCUT2D eigenvalue weighted by Gasteiger charge is 2.38. The molecule has 0 aliphatic carbocycles. The average molecular weight is 375 g/mol. The van der Waals surface area contributed by atoms with Crippen LogP contribution in [-0.2, 0) is 12.0 Å². The lowest BCUT2D eigenvalue weighted by atomic mass is 9.65. The molecule has 3 nitrogen and oxygen atoms in total. The molecular weight excluding hydrogens is 344 g/mol. The first-order valence-corrected chi connectivity index (χ1v) is 9.78. The van der Waals surface area contributed by atoms with Crippen LogP contribution in [0, 0.1) is 12.3 Å². The van der Waals surface area contributed by atoms with Crippen molar-refractivity contribution in [2.24, 2.45) is 5.41 Å². The van der Waals surface area contributed by atoms with Gasteiger partial charge < -0.3 is 4.42 Å².